The standard InChI is InChI=1S/C14H21N2O3P/c1-4-14(10-9-13-8-7-11-15-12-13)16-20(17,18-5-2)19-6-3/h7-12H,4-6H2,1-3H3/b10-9+,16-14+. The second-order valence-electron chi connectivity index (χ2n) is 3.87. The fourth-order valence-electron chi connectivity index (χ4n) is 1.47. The molecule has 5 nitrogen and oxygen atoms in total. The molecule has 0 unspecified atom stereocenters. The van der Waals surface area contributed by atoms with E-state index in [4.69, 9.17) is 9.05 Å². The van der Waals surface area contributed by atoms with Gasteiger partial charge in [0.15, 0.2) is 0 Å². The van der Waals surface area contributed by atoms with Gasteiger partial charge in [-0.3, -0.25) is 14.0 Å². The normalized spacial score (nSPS) is 13.1. The first-order chi connectivity index (χ1) is 9.63. The minimum Gasteiger partial charge on any atom is -0.291 e. The fraction of sp³-hybridized carbons (Fsp3) is 0.429. The van der Waals surface area contributed by atoms with Gasteiger partial charge in [0, 0.05) is 18.1 Å². The van der Waals surface area contributed by atoms with E-state index in [2.05, 4.69) is 9.75 Å². The zero-order chi connectivity index (χ0) is 14.8. The number of hydrogen-bond acceptors (Lipinski definition) is 4. The lowest BCUT2D eigenvalue weighted by atomic mass is 10.2. The lowest BCUT2D eigenvalue weighted by Gasteiger charge is -2.12. The summed E-state index contributed by atoms with van der Waals surface area (Å²) in [6.07, 6.45) is 7.78. The third-order valence-corrected chi connectivity index (χ3v) is 4.02. The van der Waals surface area contributed by atoms with Gasteiger partial charge in [-0.1, -0.05) is 19.1 Å². The van der Waals surface area contributed by atoms with Crippen LogP contribution in [-0.2, 0) is 13.6 Å². The molecule has 1 heterocycles. The van der Waals surface area contributed by atoms with Crippen LogP contribution in [0.2, 0.25) is 0 Å². The van der Waals surface area contributed by atoms with Crippen LogP contribution in [0.15, 0.2) is 35.4 Å². The average Bonchev–Trinajstić information content (AvgIpc) is 2.45. The molecule has 0 N–H and O–H groups in total. The molecule has 20 heavy (non-hydrogen) atoms. The number of allylic oxidation sites excluding steroid dienone is 1. The van der Waals surface area contributed by atoms with E-state index in [9.17, 15) is 4.57 Å². The predicted octanol–water partition coefficient (Wildman–Crippen LogP) is 4.13. The molecule has 0 radical (unpaired) electrons. The van der Waals surface area contributed by atoms with Gasteiger partial charge in [-0.15, -0.1) is 0 Å². The van der Waals surface area contributed by atoms with Gasteiger partial charge in [-0.25, -0.2) is 4.57 Å². The van der Waals surface area contributed by atoms with Gasteiger partial charge in [0.1, 0.15) is 0 Å². The van der Waals surface area contributed by atoms with Gasteiger partial charge in [0.05, 0.1) is 13.2 Å². The number of pyridine rings is 1. The largest absolute Gasteiger partial charge is 0.454 e. The van der Waals surface area contributed by atoms with Crippen LogP contribution in [0.3, 0.4) is 0 Å². The molecule has 0 aliphatic carbocycles. The third kappa shape index (κ3) is 5.78. The van der Waals surface area contributed by atoms with Crippen molar-refractivity contribution in [1.29, 1.82) is 0 Å². The summed E-state index contributed by atoms with van der Waals surface area (Å²) < 4.78 is 26.8. The molecule has 0 bridgehead atoms. The van der Waals surface area contributed by atoms with E-state index in [0.717, 1.165) is 5.56 Å². The van der Waals surface area contributed by atoms with Gasteiger partial charge in [0.25, 0.3) is 0 Å². The molecule has 1 aromatic heterocycles. The first kappa shape index (κ1) is 16.8. The van der Waals surface area contributed by atoms with Crippen molar-refractivity contribution >= 4 is 19.5 Å². The first-order valence-electron chi connectivity index (χ1n) is 6.69. The van der Waals surface area contributed by atoms with Crippen LogP contribution in [0.5, 0.6) is 0 Å². The Labute approximate surface area is 120 Å². The van der Waals surface area contributed by atoms with E-state index < -0.39 is 7.75 Å². The topological polar surface area (TPSA) is 60.8 Å². The summed E-state index contributed by atoms with van der Waals surface area (Å²) in [5.74, 6) is 0. The maximum Gasteiger partial charge on any atom is 0.454 e. The van der Waals surface area contributed by atoms with E-state index in [0.29, 0.717) is 25.3 Å². The van der Waals surface area contributed by atoms with Gasteiger partial charge in [-0.2, -0.15) is 4.76 Å². The average molecular weight is 296 g/mol. The van der Waals surface area contributed by atoms with Crippen molar-refractivity contribution in [2.45, 2.75) is 27.2 Å². The fourth-order valence-corrected chi connectivity index (χ4v) is 2.83. The molecule has 1 rings (SSSR count). The van der Waals surface area contributed by atoms with E-state index in [1.165, 1.54) is 0 Å². The van der Waals surface area contributed by atoms with Crippen molar-refractivity contribution in [3.63, 3.8) is 0 Å². The zero-order valence-electron chi connectivity index (χ0n) is 12.2. The van der Waals surface area contributed by atoms with Crippen molar-refractivity contribution in [2.75, 3.05) is 13.2 Å². The van der Waals surface area contributed by atoms with E-state index in [1.807, 2.05) is 31.2 Å². The Kier molecular flexibility index (Phi) is 7.37. The SMILES string of the molecule is CCOP(=O)(/N=C(/C=C/c1cccnc1)CC)OCC. The summed E-state index contributed by atoms with van der Waals surface area (Å²) in [5, 5.41) is 0. The Balaban J connectivity index is 2.90. The molecule has 0 amide bonds. The Morgan fingerprint density at radius 3 is 2.55 bits per heavy atom. The maximum absolute atomic E-state index is 12.3. The molecule has 0 aromatic carbocycles. The molecule has 0 saturated carbocycles. The minimum atomic E-state index is -3.39. The van der Waals surface area contributed by atoms with Gasteiger partial charge >= 0.3 is 7.75 Å². The summed E-state index contributed by atoms with van der Waals surface area (Å²) >= 11 is 0. The molecular formula is C14H21N2O3P. The third-order valence-electron chi connectivity index (χ3n) is 2.35. The highest BCUT2D eigenvalue weighted by atomic mass is 31.2. The van der Waals surface area contributed by atoms with Crippen LogP contribution < -0.4 is 0 Å². The van der Waals surface area contributed by atoms with Crippen LogP contribution in [-0.4, -0.2) is 23.9 Å². The van der Waals surface area contributed by atoms with Crippen molar-refractivity contribution in [3.05, 3.63) is 36.2 Å². The number of aromatic nitrogens is 1. The quantitative estimate of drug-likeness (QED) is 0.534. The van der Waals surface area contributed by atoms with Crippen LogP contribution in [0.25, 0.3) is 6.08 Å². The highest BCUT2D eigenvalue weighted by molar-refractivity contribution is 7.52. The van der Waals surface area contributed by atoms with E-state index in [-0.39, 0.29) is 0 Å². The predicted molar refractivity (Wildman–Crippen MR) is 81.9 cm³/mol. The monoisotopic (exact) mass is 296 g/mol. The molecule has 0 atom stereocenters. The number of rotatable bonds is 8. The molecule has 0 aliphatic rings. The molecule has 6 heteroatoms. The molecule has 0 fully saturated rings. The molecule has 1 aromatic rings. The Morgan fingerprint density at radius 1 is 1.35 bits per heavy atom. The second-order valence-corrected chi connectivity index (χ2v) is 5.52. The summed E-state index contributed by atoms with van der Waals surface area (Å²) in [5.41, 5.74) is 1.62. The first-order valence-corrected chi connectivity index (χ1v) is 8.19. The Hall–Kier alpha value is -1.29. The van der Waals surface area contributed by atoms with Gasteiger partial charge in [-0.05, 0) is 38.0 Å². The molecule has 0 saturated heterocycles. The van der Waals surface area contributed by atoms with Crippen molar-refractivity contribution < 1.29 is 13.6 Å². The minimum absolute atomic E-state index is 0.296. The molecule has 0 aliphatic heterocycles. The smallest absolute Gasteiger partial charge is 0.291 e. The summed E-state index contributed by atoms with van der Waals surface area (Å²) in [6, 6.07) is 3.79. The summed E-state index contributed by atoms with van der Waals surface area (Å²) in [6.45, 7) is 6.05. The number of hydrogen-bond donors (Lipinski definition) is 0. The van der Waals surface area contributed by atoms with Crippen molar-refractivity contribution in [3.8, 4) is 0 Å². The van der Waals surface area contributed by atoms with Crippen LogP contribution in [0, 0.1) is 0 Å². The summed E-state index contributed by atoms with van der Waals surface area (Å²) in [7, 11) is -3.39. The lowest BCUT2D eigenvalue weighted by Crippen LogP contribution is -1.98. The lowest BCUT2D eigenvalue weighted by molar-refractivity contribution is 0.221. The van der Waals surface area contributed by atoms with Crippen LogP contribution >= 0.6 is 7.75 Å². The number of nitrogens with zero attached hydrogens (tertiary/aromatic N) is 2. The Bertz CT molecular complexity index is 490. The maximum atomic E-state index is 12.3. The van der Waals surface area contributed by atoms with Crippen molar-refractivity contribution in [1.82, 2.24) is 4.98 Å². The van der Waals surface area contributed by atoms with E-state index >= 15 is 0 Å². The highest BCUT2D eigenvalue weighted by Crippen LogP contribution is 2.50. The molecule has 110 valence electrons. The molecule has 0 spiro atoms. The van der Waals surface area contributed by atoms with E-state index in [1.54, 1.807) is 26.2 Å². The molecular weight excluding hydrogens is 275 g/mol. The van der Waals surface area contributed by atoms with Gasteiger partial charge < -0.3 is 0 Å². The van der Waals surface area contributed by atoms with Crippen molar-refractivity contribution in [2.24, 2.45) is 4.76 Å². The summed E-state index contributed by atoms with van der Waals surface area (Å²) in [4.78, 5) is 4.03. The second kappa shape index (κ2) is 8.80. The zero-order valence-corrected chi connectivity index (χ0v) is 13.0. The van der Waals surface area contributed by atoms with Crippen LogP contribution in [0.1, 0.15) is 32.8 Å². The van der Waals surface area contributed by atoms with Gasteiger partial charge in [0.2, 0.25) is 0 Å². The Morgan fingerprint density at radius 2 is 2.05 bits per heavy atom. The highest BCUT2D eigenvalue weighted by Gasteiger charge is 2.22. The van der Waals surface area contributed by atoms with Crippen LogP contribution in [0.4, 0.5) is 0 Å².